The third-order valence-electron chi connectivity index (χ3n) is 4.13. The van der Waals surface area contributed by atoms with E-state index in [-0.39, 0.29) is 12.1 Å². The molecule has 0 bridgehead atoms. The largest absolute Gasteiger partial charge is 0.468 e. The molecule has 0 saturated carbocycles. The maximum atomic E-state index is 11.8. The third-order valence-corrected chi connectivity index (χ3v) is 4.13. The van der Waals surface area contributed by atoms with Gasteiger partial charge in [0.1, 0.15) is 11.7 Å². The van der Waals surface area contributed by atoms with E-state index in [4.69, 9.17) is 10.5 Å². The molecule has 2 N–H and O–H groups in total. The lowest BCUT2D eigenvalue weighted by atomic mass is 10.0. The molecule has 26 heavy (non-hydrogen) atoms. The van der Waals surface area contributed by atoms with Gasteiger partial charge in [-0.2, -0.15) is 0 Å². The summed E-state index contributed by atoms with van der Waals surface area (Å²) < 4.78 is 6.60. The van der Waals surface area contributed by atoms with Crippen LogP contribution in [0.15, 0.2) is 42.6 Å². The highest BCUT2D eigenvalue weighted by atomic mass is 16.6. The molecule has 2 aromatic heterocycles. The molecule has 0 amide bonds. The number of nitrogens with zero attached hydrogens (tertiary/aromatic N) is 3. The van der Waals surface area contributed by atoms with E-state index in [1.165, 1.54) is 19.2 Å². The van der Waals surface area contributed by atoms with E-state index < -0.39 is 16.9 Å². The van der Waals surface area contributed by atoms with Crippen LogP contribution in [0.25, 0.3) is 16.9 Å². The first-order valence-corrected chi connectivity index (χ1v) is 7.96. The SMILES string of the molecule is COC(=O)C(N)Cc1c(-c2ccc([N+](=O)[O-])cc2)nc2ccc(C)cn12. The van der Waals surface area contributed by atoms with Crippen LogP contribution in [0, 0.1) is 17.0 Å². The summed E-state index contributed by atoms with van der Waals surface area (Å²) in [5, 5.41) is 10.9. The maximum absolute atomic E-state index is 11.8. The summed E-state index contributed by atoms with van der Waals surface area (Å²) in [4.78, 5) is 26.8. The number of hydrogen-bond acceptors (Lipinski definition) is 6. The second-order valence-corrected chi connectivity index (χ2v) is 5.98. The molecule has 0 aliphatic carbocycles. The zero-order valence-corrected chi connectivity index (χ0v) is 14.4. The quantitative estimate of drug-likeness (QED) is 0.427. The Bertz CT molecular complexity index is 979. The molecule has 0 aliphatic rings. The van der Waals surface area contributed by atoms with Crippen LogP contribution in [-0.2, 0) is 16.0 Å². The second kappa shape index (κ2) is 6.93. The summed E-state index contributed by atoms with van der Waals surface area (Å²) in [7, 11) is 1.29. The van der Waals surface area contributed by atoms with Crippen molar-refractivity contribution < 1.29 is 14.5 Å². The first-order valence-electron chi connectivity index (χ1n) is 7.96. The highest BCUT2D eigenvalue weighted by molar-refractivity contribution is 5.77. The van der Waals surface area contributed by atoms with Crippen molar-refractivity contribution in [2.45, 2.75) is 19.4 Å². The minimum atomic E-state index is -0.836. The fraction of sp³-hybridized carbons (Fsp3) is 0.222. The molecule has 134 valence electrons. The molecule has 1 unspecified atom stereocenters. The van der Waals surface area contributed by atoms with Gasteiger partial charge in [-0.3, -0.25) is 14.9 Å². The molecule has 8 heteroatoms. The van der Waals surface area contributed by atoms with Gasteiger partial charge in [0.25, 0.3) is 5.69 Å². The predicted octanol–water partition coefficient (Wildman–Crippen LogP) is 2.26. The number of ether oxygens (including phenoxy) is 1. The molecule has 3 aromatic rings. The standard InChI is InChI=1S/C18H18N4O4/c1-11-3-8-16-20-17(12-4-6-13(7-5-12)22(24)25)15(21(16)10-11)9-14(19)18(23)26-2/h3-8,10,14H,9,19H2,1-2H3. The van der Waals surface area contributed by atoms with Gasteiger partial charge < -0.3 is 14.9 Å². The number of carbonyl (C=O) groups excluding carboxylic acids is 1. The van der Waals surface area contributed by atoms with Gasteiger partial charge in [0.2, 0.25) is 0 Å². The number of pyridine rings is 1. The van der Waals surface area contributed by atoms with Crippen LogP contribution in [0.5, 0.6) is 0 Å². The molecule has 1 aromatic carbocycles. The molecule has 1 atom stereocenters. The van der Waals surface area contributed by atoms with Crippen molar-refractivity contribution in [2.24, 2.45) is 5.73 Å². The Kier molecular flexibility index (Phi) is 4.68. The fourth-order valence-corrected chi connectivity index (χ4v) is 2.81. The minimum Gasteiger partial charge on any atom is -0.468 e. The summed E-state index contributed by atoms with van der Waals surface area (Å²) >= 11 is 0. The first-order chi connectivity index (χ1) is 12.4. The van der Waals surface area contributed by atoms with Crippen molar-refractivity contribution in [3.63, 3.8) is 0 Å². The summed E-state index contributed by atoms with van der Waals surface area (Å²) in [6.45, 7) is 1.95. The van der Waals surface area contributed by atoms with Crippen LogP contribution in [-0.4, -0.2) is 33.4 Å². The molecule has 8 nitrogen and oxygen atoms in total. The summed E-state index contributed by atoms with van der Waals surface area (Å²) in [6, 6.07) is 9.10. The van der Waals surface area contributed by atoms with E-state index in [2.05, 4.69) is 4.98 Å². The van der Waals surface area contributed by atoms with E-state index in [0.717, 1.165) is 11.3 Å². The molecule has 0 fully saturated rings. The smallest absolute Gasteiger partial charge is 0.323 e. The molecular formula is C18H18N4O4. The summed E-state index contributed by atoms with van der Waals surface area (Å²) in [5.74, 6) is -0.512. The van der Waals surface area contributed by atoms with Crippen LogP contribution in [0.3, 0.4) is 0 Å². The highest BCUT2D eigenvalue weighted by Crippen LogP contribution is 2.27. The highest BCUT2D eigenvalue weighted by Gasteiger charge is 2.21. The molecule has 0 saturated heterocycles. The van der Waals surface area contributed by atoms with E-state index in [1.807, 2.05) is 29.7 Å². The first kappa shape index (κ1) is 17.6. The zero-order chi connectivity index (χ0) is 18.8. The average molecular weight is 354 g/mol. The van der Waals surface area contributed by atoms with E-state index >= 15 is 0 Å². The summed E-state index contributed by atoms with van der Waals surface area (Å²) in [5.41, 5.74) is 9.77. The topological polar surface area (TPSA) is 113 Å². The van der Waals surface area contributed by atoms with E-state index in [9.17, 15) is 14.9 Å². The van der Waals surface area contributed by atoms with Crippen molar-refractivity contribution in [1.82, 2.24) is 9.38 Å². The Morgan fingerprint density at radius 3 is 2.62 bits per heavy atom. The monoisotopic (exact) mass is 354 g/mol. The van der Waals surface area contributed by atoms with Crippen molar-refractivity contribution in [3.8, 4) is 11.3 Å². The van der Waals surface area contributed by atoms with Gasteiger partial charge in [-0.25, -0.2) is 4.98 Å². The summed E-state index contributed by atoms with van der Waals surface area (Å²) in [6.07, 6.45) is 2.14. The number of fused-ring (bicyclic) bond motifs is 1. The number of methoxy groups -OCH3 is 1. The van der Waals surface area contributed by atoms with Crippen LogP contribution < -0.4 is 5.73 Å². The number of aromatic nitrogens is 2. The maximum Gasteiger partial charge on any atom is 0.323 e. The predicted molar refractivity (Wildman–Crippen MR) is 95.7 cm³/mol. The van der Waals surface area contributed by atoms with E-state index in [0.29, 0.717) is 16.9 Å². The number of nitro groups is 1. The van der Waals surface area contributed by atoms with Gasteiger partial charge in [0, 0.05) is 30.3 Å². The van der Waals surface area contributed by atoms with Gasteiger partial charge in [-0.1, -0.05) is 6.07 Å². The van der Waals surface area contributed by atoms with Crippen molar-refractivity contribution in [2.75, 3.05) is 7.11 Å². The number of rotatable bonds is 5. The third kappa shape index (κ3) is 3.27. The van der Waals surface area contributed by atoms with E-state index in [1.54, 1.807) is 12.1 Å². The average Bonchev–Trinajstić information content (AvgIpc) is 2.98. The normalized spacial score (nSPS) is 12.1. The molecule has 0 radical (unpaired) electrons. The molecule has 2 heterocycles. The van der Waals surface area contributed by atoms with Crippen LogP contribution in [0.4, 0.5) is 5.69 Å². The molecule has 0 spiro atoms. The number of non-ortho nitro benzene ring substituents is 1. The lowest BCUT2D eigenvalue weighted by Crippen LogP contribution is -2.34. The van der Waals surface area contributed by atoms with Gasteiger partial charge >= 0.3 is 5.97 Å². The Hall–Kier alpha value is -3.26. The second-order valence-electron chi connectivity index (χ2n) is 5.98. The molecule has 0 aliphatic heterocycles. The zero-order valence-electron chi connectivity index (χ0n) is 14.4. The van der Waals surface area contributed by atoms with Crippen LogP contribution in [0.2, 0.25) is 0 Å². The Labute approximate surface area is 149 Å². The number of aryl methyl sites for hydroxylation is 1. The number of nitrogens with two attached hydrogens (primary N) is 1. The Morgan fingerprint density at radius 1 is 1.31 bits per heavy atom. The van der Waals surface area contributed by atoms with Crippen molar-refractivity contribution in [3.05, 3.63) is 64.0 Å². The molecule has 3 rings (SSSR count). The van der Waals surface area contributed by atoms with Crippen LogP contribution >= 0.6 is 0 Å². The molecular weight excluding hydrogens is 336 g/mol. The van der Waals surface area contributed by atoms with Gasteiger partial charge in [-0.05, 0) is 30.7 Å². The number of benzene rings is 1. The number of esters is 1. The number of imidazole rings is 1. The van der Waals surface area contributed by atoms with Gasteiger partial charge in [-0.15, -0.1) is 0 Å². The number of carbonyl (C=O) groups is 1. The minimum absolute atomic E-state index is 0.00108. The lowest BCUT2D eigenvalue weighted by Gasteiger charge is -2.11. The van der Waals surface area contributed by atoms with Crippen molar-refractivity contribution in [1.29, 1.82) is 0 Å². The van der Waals surface area contributed by atoms with Crippen LogP contribution in [0.1, 0.15) is 11.3 Å². The lowest BCUT2D eigenvalue weighted by molar-refractivity contribution is -0.384. The fourth-order valence-electron chi connectivity index (χ4n) is 2.81. The Balaban J connectivity index is 2.12. The van der Waals surface area contributed by atoms with Gasteiger partial charge in [0.05, 0.1) is 23.4 Å². The van der Waals surface area contributed by atoms with Gasteiger partial charge in [0.15, 0.2) is 0 Å². The van der Waals surface area contributed by atoms with Crippen molar-refractivity contribution >= 4 is 17.3 Å². The number of nitro benzene ring substituents is 1. The number of hydrogen-bond donors (Lipinski definition) is 1. The Morgan fingerprint density at radius 2 is 2.00 bits per heavy atom.